The molecule has 0 unspecified atom stereocenters. The third kappa shape index (κ3) is 3.34. The van der Waals surface area contributed by atoms with Gasteiger partial charge in [-0.2, -0.15) is 0 Å². The van der Waals surface area contributed by atoms with E-state index >= 15 is 0 Å². The number of nitrogens with one attached hydrogen (secondary N) is 1. The van der Waals surface area contributed by atoms with Crippen LogP contribution in [0.25, 0.3) is 6.08 Å². The maximum absolute atomic E-state index is 13.1. The van der Waals surface area contributed by atoms with Crippen LogP contribution in [0.1, 0.15) is 4.88 Å². The number of halogens is 2. The molecule has 7 heteroatoms. The topological polar surface area (TPSA) is 41.5 Å². The molecular weight excluding hydrogens is 331 g/mol. The number of amides is 1. The second kappa shape index (κ2) is 6.01. The van der Waals surface area contributed by atoms with Gasteiger partial charge in [-0.25, -0.2) is 9.38 Å². The Hall–Kier alpha value is -1.63. The first-order valence-corrected chi connectivity index (χ1v) is 7.97. The molecule has 3 rings (SSSR count). The van der Waals surface area contributed by atoms with E-state index in [0.717, 1.165) is 4.88 Å². The molecule has 21 heavy (non-hydrogen) atoms. The van der Waals surface area contributed by atoms with E-state index in [1.807, 2.05) is 23.6 Å². The van der Waals surface area contributed by atoms with E-state index in [2.05, 4.69) is 10.3 Å². The van der Waals surface area contributed by atoms with Gasteiger partial charge in [0.15, 0.2) is 5.17 Å². The Labute approximate surface area is 133 Å². The highest BCUT2D eigenvalue weighted by Gasteiger charge is 2.23. The molecule has 0 bridgehead atoms. The van der Waals surface area contributed by atoms with Crippen LogP contribution in [0.5, 0.6) is 0 Å². The van der Waals surface area contributed by atoms with Crippen molar-refractivity contribution in [2.75, 3.05) is 0 Å². The highest BCUT2D eigenvalue weighted by atomic mass is 35.5. The summed E-state index contributed by atoms with van der Waals surface area (Å²) in [6.07, 6.45) is 1.81. The molecule has 1 aromatic heterocycles. The molecule has 1 aromatic carbocycles. The van der Waals surface area contributed by atoms with Crippen molar-refractivity contribution in [3.8, 4) is 0 Å². The predicted molar refractivity (Wildman–Crippen MR) is 86.5 cm³/mol. The zero-order valence-electron chi connectivity index (χ0n) is 10.5. The van der Waals surface area contributed by atoms with Crippen LogP contribution in [0.4, 0.5) is 10.1 Å². The van der Waals surface area contributed by atoms with Crippen LogP contribution in [-0.4, -0.2) is 11.1 Å². The molecule has 106 valence electrons. The Morgan fingerprint density at radius 3 is 2.90 bits per heavy atom. The zero-order chi connectivity index (χ0) is 14.8. The summed E-state index contributed by atoms with van der Waals surface area (Å²) in [4.78, 5) is 17.7. The lowest BCUT2D eigenvalue weighted by Crippen LogP contribution is -2.19. The van der Waals surface area contributed by atoms with E-state index in [1.165, 1.54) is 30.0 Å². The minimum absolute atomic E-state index is 0.000486. The fraction of sp³-hybridized carbons (Fsp3) is 0. The summed E-state index contributed by atoms with van der Waals surface area (Å²) in [5.41, 5.74) is 0.488. The summed E-state index contributed by atoms with van der Waals surface area (Å²) >= 11 is 8.50. The van der Waals surface area contributed by atoms with Crippen LogP contribution < -0.4 is 5.32 Å². The minimum Gasteiger partial charge on any atom is -0.300 e. The van der Waals surface area contributed by atoms with Gasteiger partial charge >= 0.3 is 0 Å². The fourth-order valence-corrected chi connectivity index (χ4v) is 3.39. The molecule has 0 atom stereocenters. The lowest BCUT2D eigenvalue weighted by atomic mass is 10.3. The lowest BCUT2D eigenvalue weighted by Gasteiger charge is -1.98. The van der Waals surface area contributed by atoms with Gasteiger partial charge in [-0.15, -0.1) is 11.3 Å². The number of thioether (sulfide) groups is 1. The maximum atomic E-state index is 13.1. The Morgan fingerprint density at radius 1 is 1.33 bits per heavy atom. The van der Waals surface area contributed by atoms with E-state index in [0.29, 0.717) is 15.8 Å². The first kappa shape index (κ1) is 14.3. The van der Waals surface area contributed by atoms with Gasteiger partial charge in [-0.3, -0.25) is 4.79 Å². The molecule has 1 fully saturated rings. The SMILES string of the molecule is O=C1NC(=Nc2ccc(F)c(Cl)c2)SC1=Cc1cccs1. The summed E-state index contributed by atoms with van der Waals surface area (Å²) in [5, 5.41) is 5.07. The summed E-state index contributed by atoms with van der Waals surface area (Å²) in [6, 6.07) is 8.01. The number of nitrogens with zero attached hydrogens (tertiary/aromatic N) is 1. The number of amidine groups is 1. The third-order valence-electron chi connectivity index (χ3n) is 2.60. The summed E-state index contributed by atoms with van der Waals surface area (Å²) in [7, 11) is 0. The highest BCUT2D eigenvalue weighted by Crippen LogP contribution is 2.30. The van der Waals surface area contributed by atoms with Crippen molar-refractivity contribution >= 4 is 57.5 Å². The second-order valence-corrected chi connectivity index (χ2v) is 6.51. The number of hydrogen-bond donors (Lipinski definition) is 1. The third-order valence-corrected chi connectivity index (χ3v) is 4.62. The Morgan fingerprint density at radius 2 is 2.19 bits per heavy atom. The molecule has 1 saturated heterocycles. The minimum atomic E-state index is -0.498. The Kier molecular flexibility index (Phi) is 4.10. The molecule has 1 N–H and O–H groups in total. The summed E-state index contributed by atoms with van der Waals surface area (Å²) in [6.45, 7) is 0. The van der Waals surface area contributed by atoms with Gasteiger partial charge in [-0.05, 0) is 47.5 Å². The van der Waals surface area contributed by atoms with E-state index in [9.17, 15) is 9.18 Å². The lowest BCUT2D eigenvalue weighted by molar-refractivity contribution is -0.115. The van der Waals surface area contributed by atoms with Crippen molar-refractivity contribution in [1.29, 1.82) is 0 Å². The maximum Gasteiger partial charge on any atom is 0.264 e. The number of benzene rings is 1. The number of carbonyl (C=O) groups excluding carboxylic acids is 1. The smallest absolute Gasteiger partial charge is 0.264 e. The van der Waals surface area contributed by atoms with Crippen molar-refractivity contribution in [2.45, 2.75) is 0 Å². The largest absolute Gasteiger partial charge is 0.300 e. The van der Waals surface area contributed by atoms with E-state index in [-0.39, 0.29) is 10.9 Å². The van der Waals surface area contributed by atoms with Gasteiger partial charge < -0.3 is 5.32 Å². The number of carbonyl (C=O) groups is 1. The van der Waals surface area contributed by atoms with Gasteiger partial charge in [0, 0.05) is 4.88 Å². The zero-order valence-corrected chi connectivity index (χ0v) is 12.9. The molecule has 0 aliphatic carbocycles. The van der Waals surface area contributed by atoms with Crippen molar-refractivity contribution in [2.24, 2.45) is 4.99 Å². The van der Waals surface area contributed by atoms with Crippen molar-refractivity contribution in [3.63, 3.8) is 0 Å². The first-order chi connectivity index (χ1) is 10.1. The standard InChI is InChI=1S/C14H8ClFN2OS2/c15-10-6-8(3-4-11(10)16)17-14-18-13(19)12(21-14)7-9-2-1-5-20-9/h1-7H,(H,17,18,19). The number of thiophene rings is 1. The molecular formula is C14H8ClFN2OS2. The van der Waals surface area contributed by atoms with E-state index in [4.69, 9.17) is 11.6 Å². The van der Waals surface area contributed by atoms with Crippen LogP contribution in [0.2, 0.25) is 5.02 Å². The van der Waals surface area contributed by atoms with Crippen molar-refractivity contribution < 1.29 is 9.18 Å². The Balaban J connectivity index is 1.83. The second-order valence-electron chi connectivity index (χ2n) is 4.10. The van der Waals surface area contributed by atoms with Crippen molar-refractivity contribution in [3.05, 3.63) is 56.3 Å². The van der Waals surface area contributed by atoms with E-state index < -0.39 is 5.82 Å². The van der Waals surface area contributed by atoms with Crippen LogP contribution in [0, 0.1) is 5.82 Å². The highest BCUT2D eigenvalue weighted by molar-refractivity contribution is 8.18. The summed E-state index contributed by atoms with van der Waals surface area (Å²) < 4.78 is 13.1. The molecule has 3 nitrogen and oxygen atoms in total. The number of aliphatic imine (C=N–C) groups is 1. The van der Waals surface area contributed by atoms with Gasteiger partial charge in [0.05, 0.1) is 15.6 Å². The normalized spacial score (nSPS) is 18.5. The molecule has 1 amide bonds. The molecule has 0 spiro atoms. The average molecular weight is 339 g/mol. The molecule has 1 aliphatic rings. The van der Waals surface area contributed by atoms with Gasteiger partial charge in [0.1, 0.15) is 5.82 Å². The van der Waals surface area contributed by atoms with Crippen molar-refractivity contribution in [1.82, 2.24) is 5.32 Å². The molecule has 2 heterocycles. The quantitative estimate of drug-likeness (QED) is 0.823. The van der Waals surface area contributed by atoms with Gasteiger partial charge in [0.25, 0.3) is 5.91 Å². The Bertz CT molecular complexity index is 756. The monoisotopic (exact) mass is 338 g/mol. The van der Waals surface area contributed by atoms with Crippen LogP contribution in [0.3, 0.4) is 0 Å². The first-order valence-electron chi connectivity index (χ1n) is 5.90. The molecule has 2 aromatic rings. The molecule has 0 saturated carbocycles. The molecule has 1 aliphatic heterocycles. The van der Waals surface area contributed by atoms with Crippen LogP contribution in [-0.2, 0) is 4.79 Å². The fourth-order valence-electron chi connectivity index (χ4n) is 1.65. The van der Waals surface area contributed by atoms with Gasteiger partial charge in [-0.1, -0.05) is 17.7 Å². The van der Waals surface area contributed by atoms with Crippen LogP contribution in [0.15, 0.2) is 45.6 Å². The van der Waals surface area contributed by atoms with Crippen LogP contribution >= 0.6 is 34.7 Å². The summed E-state index contributed by atoms with van der Waals surface area (Å²) in [5.74, 6) is -0.692. The average Bonchev–Trinajstić information content (AvgIpc) is 3.06. The van der Waals surface area contributed by atoms with Gasteiger partial charge in [0.2, 0.25) is 0 Å². The number of rotatable bonds is 2. The molecule has 0 radical (unpaired) electrons. The number of hydrogen-bond acceptors (Lipinski definition) is 4. The predicted octanol–water partition coefficient (Wildman–Crippen LogP) is 4.43. The van der Waals surface area contributed by atoms with E-state index in [1.54, 1.807) is 11.3 Å².